The smallest absolute Gasteiger partial charge is 0.309 e. The van der Waals surface area contributed by atoms with Crippen LogP contribution in [-0.4, -0.2) is 24.2 Å². The Kier molecular flexibility index (Phi) is 1.42. The van der Waals surface area contributed by atoms with E-state index < -0.39 is 11.9 Å². The third kappa shape index (κ3) is 0.782. The predicted octanol–water partition coefficient (Wildman–Crippen LogP) is 0.864. The first-order valence-corrected chi connectivity index (χ1v) is 6.97. The van der Waals surface area contributed by atoms with Gasteiger partial charge in [-0.25, -0.2) is 0 Å². The molecule has 18 heavy (non-hydrogen) atoms. The molecule has 0 aromatic heterocycles. The van der Waals surface area contributed by atoms with Crippen LogP contribution in [0.4, 0.5) is 0 Å². The lowest BCUT2D eigenvalue weighted by Crippen LogP contribution is -2.50. The fourth-order valence-electron chi connectivity index (χ4n) is 6.67. The standard InChI is InChI=1S/C14H16O4/c1-18-14(17)12-10-7-3-2-4-6(8(4)10)9(5(3)7)11(12)13(15)16/h3-12H,2H2,1H3,(H,15,16)/t3?,4?,5?,6?,7?,8?,9?,10?,11-,12+/m0/s1. The van der Waals surface area contributed by atoms with Crippen molar-refractivity contribution >= 4 is 11.9 Å². The van der Waals surface area contributed by atoms with Crippen molar-refractivity contribution in [3.8, 4) is 0 Å². The molecule has 7 aliphatic carbocycles. The maximum Gasteiger partial charge on any atom is 0.309 e. The molecule has 8 atom stereocenters. The van der Waals surface area contributed by atoms with Crippen LogP contribution in [-0.2, 0) is 14.3 Å². The number of carboxylic acid groups (broad SMARTS) is 1. The highest BCUT2D eigenvalue weighted by atomic mass is 16.5. The summed E-state index contributed by atoms with van der Waals surface area (Å²) in [6.07, 6.45) is 1.32. The summed E-state index contributed by atoms with van der Waals surface area (Å²) >= 11 is 0. The molecular formula is C14H16O4. The van der Waals surface area contributed by atoms with Crippen molar-refractivity contribution in [3.05, 3.63) is 0 Å². The van der Waals surface area contributed by atoms with Gasteiger partial charge in [0.2, 0.25) is 0 Å². The number of aliphatic carboxylic acids is 1. The number of hydrogen-bond donors (Lipinski definition) is 1. The van der Waals surface area contributed by atoms with Crippen LogP contribution in [0.1, 0.15) is 6.42 Å². The van der Waals surface area contributed by atoms with Crippen LogP contribution in [0.3, 0.4) is 0 Å². The molecule has 0 aromatic carbocycles. The van der Waals surface area contributed by atoms with Crippen LogP contribution in [0.15, 0.2) is 0 Å². The lowest BCUT2D eigenvalue weighted by molar-refractivity contribution is -0.169. The highest BCUT2D eigenvalue weighted by Crippen LogP contribution is 2.87. The van der Waals surface area contributed by atoms with Crippen molar-refractivity contribution in [2.24, 2.45) is 59.2 Å². The zero-order valence-electron chi connectivity index (χ0n) is 10.2. The summed E-state index contributed by atoms with van der Waals surface area (Å²) in [6.45, 7) is 0. The molecular weight excluding hydrogens is 232 g/mol. The van der Waals surface area contributed by atoms with Gasteiger partial charge in [-0.3, -0.25) is 9.59 Å². The van der Waals surface area contributed by atoms with Crippen LogP contribution in [0, 0.1) is 59.2 Å². The second-order valence-electron chi connectivity index (χ2n) is 6.94. The lowest BCUT2D eigenvalue weighted by Gasteiger charge is -2.44. The maximum atomic E-state index is 12.0. The molecule has 7 fully saturated rings. The fraction of sp³-hybridized carbons (Fsp3) is 0.857. The zero-order valence-corrected chi connectivity index (χ0v) is 10.2. The highest BCUT2D eigenvalue weighted by Gasteiger charge is 2.85. The van der Waals surface area contributed by atoms with Crippen molar-refractivity contribution in [2.75, 3.05) is 7.11 Å². The maximum absolute atomic E-state index is 12.0. The second kappa shape index (κ2) is 2.61. The summed E-state index contributed by atoms with van der Waals surface area (Å²) in [7, 11) is 1.39. The average molecular weight is 248 g/mol. The van der Waals surface area contributed by atoms with Crippen molar-refractivity contribution in [3.63, 3.8) is 0 Å². The molecule has 1 N–H and O–H groups in total. The minimum Gasteiger partial charge on any atom is -0.481 e. The molecule has 0 aliphatic heterocycles. The van der Waals surface area contributed by atoms with E-state index in [-0.39, 0.29) is 17.8 Å². The van der Waals surface area contributed by atoms with E-state index in [0.717, 1.165) is 11.8 Å². The van der Waals surface area contributed by atoms with Gasteiger partial charge in [-0.2, -0.15) is 0 Å². The first-order valence-electron chi connectivity index (χ1n) is 6.97. The number of carbonyl (C=O) groups excluding carboxylic acids is 1. The molecule has 4 heteroatoms. The molecule has 4 nitrogen and oxygen atoms in total. The van der Waals surface area contributed by atoms with E-state index in [1.807, 2.05) is 0 Å². The minimum atomic E-state index is -0.768. The Morgan fingerprint density at radius 2 is 1.44 bits per heavy atom. The van der Waals surface area contributed by atoms with Gasteiger partial charge in [0.05, 0.1) is 18.9 Å². The van der Waals surface area contributed by atoms with Crippen LogP contribution in [0.5, 0.6) is 0 Å². The van der Waals surface area contributed by atoms with E-state index in [2.05, 4.69) is 0 Å². The van der Waals surface area contributed by atoms with Gasteiger partial charge >= 0.3 is 11.9 Å². The molecule has 0 spiro atoms. The third-order valence-electron chi connectivity index (χ3n) is 6.88. The van der Waals surface area contributed by atoms with E-state index in [1.165, 1.54) is 13.5 Å². The molecule has 8 bridgehead atoms. The van der Waals surface area contributed by atoms with Gasteiger partial charge in [0.1, 0.15) is 0 Å². The average Bonchev–Trinajstić information content (AvgIpc) is 3.26. The van der Waals surface area contributed by atoms with Crippen LogP contribution in [0.2, 0.25) is 0 Å². The van der Waals surface area contributed by atoms with Gasteiger partial charge < -0.3 is 9.84 Å². The largest absolute Gasteiger partial charge is 0.481 e. The number of carbonyl (C=O) groups is 2. The monoisotopic (exact) mass is 248 g/mol. The summed E-state index contributed by atoms with van der Waals surface area (Å²) in [5.41, 5.74) is 0. The Labute approximate surface area is 105 Å². The van der Waals surface area contributed by atoms with E-state index in [4.69, 9.17) is 4.74 Å². The van der Waals surface area contributed by atoms with Gasteiger partial charge in [0.25, 0.3) is 0 Å². The van der Waals surface area contributed by atoms with E-state index in [9.17, 15) is 14.7 Å². The van der Waals surface area contributed by atoms with Crippen molar-refractivity contribution in [1.29, 1.82) is 0 Å². The highest BCUT2D eigenvalue weighted by molar-refractivity contribution is 5.83. The Morgan fingerprint density at radius 3 is 1.89 bits per heavy atom. The van der Waals surface area contributed by atoms with Crippen LogP contribution < -0.4 is 0 Å². The molecule has 0 heterocycles. The SMILES string of the molecule is COC(=O)[C@@H]1C2C3C4CC5C2C5C(C43)[C@@H]1C(=O)O. The quantitative estimate of drug-likeness (QED) is 0.736. The topological polar surface area (TPSA) is 63.6 Å². The van der Waals surface area contributed by atoms with Gasteiger partial charge in [-0.15, -0.1) is 0 Å². The minimum absolute atomic E-state index is 0.271. The third-order valence-corrected chi connectivity index (χ3v) is 6.88. The number of rotatable bonds is 2. The summed E-state index contributed by atoms with van der Waals surface area (Å²) in [5.74, 6) is 2.86. The molecule has 0 amide bonds. The molecule has 0 saturated heterocycles. The van der Waals surface area contributed by atoms with Gasteiger partial charge in [0, 0.05) is 0 Å². The summed E-state index contributed by atoms with van der Waals surface area (Å²) < 4.78 is 4.90. The first kappa shape index (κ1) is 9.82. The molecule has 0 aromatic rings. The Hall–Kier alpha value is -1.06. The summed E-state index contributed by atoms with van der Waals surface area (Å²) in [6, 6.07) is 0. The molecule has 96 valence electrons. The molecule has 0 radical (unpaired) electrons. The van der Waals surface area contributed by atoms with E-state index >= 15 is 0 Å². The summed E-state index contributed by atoms with van der Waals surface area (Å²) in [5, 5.41) is 9.54. The predicted molar refractivity (Wildman–Crippen MR) is 59.2 cm³/mol. The fourth-order valence-corrected chi connectivity index (χ4v) is 6.67. The molecule has 7 saturated carbocycles. The number of ether oxygens (including phenoxy) is 1. The number of esters is 1. The normalized spacial score (nSPS) is 64.3. The van der Waals surface area contributed by atoms with Crippen molar-refractivity contribution < 1.29 is 19.4 Å². The Balaban J connectivity index is 1.63. The Morgan fingerprint density at radius 1 is 0.944 bits per heavy atom. The van der Waals surface area contributed by atoms with E-state index in [1.54, 1.807) is 0 Å². The van der Waals surface area contributed by atoms with Gasteiger partial charge in [-0.05, 0) is 53.8 Å². The second-order valence-corrected chi connectivity index (χ2v) is 6.94. The number of methoxy groups -OCH3 is 1. The summed E-state index contributed by atoms with van der Waals surface area (Å²) in [4.78, 5) is 23.7. The lowest BCUT2D eigenvalue weighted by atomic mass is 9.58. The number of carboxylic acids is 1. The van der Waals surface area contributed by atoms with Gasteiger partial charge in [0.15, 0.2) is 0 Å². The van der Waals surface area contributed by atoms with E-state index in [0.29, 0.717) is 29.6 Å². The van der Waals surface area contributed by atoms with Crippen LogP contribution >= 0.6 is 0 Å². The zero-order chi connectivity index (χ0) is 12.3. The molecule has 7 aliphatic rings. The Bertz CT molecular complexity index is 464. The van der Waals surface area contributed by atoms with Crippen molar-refractivity contribution in [1.82, 2.24) is 0 Å². The number of fused-ring (bicyclic) bond motifs is 1. The molecule has 6 unspecified atom stereocenters. The first-order chi connectivity index (χ1) is 8.66. The van der Waals surface area contributed by atoms with Crippen LogP contribution in [0.25, 0.3) is 0 Å². The number of hydrogen-bond acceptors (Lipinski definition) is 3. The molecule has 7 rings (SSSR count). The van der Waals surface area contributed by atoms with Crippen molar-refractivity contribution in [2.45, 2.75) is 6.42 Å². The van der Waals surface area contributed by atoms with Gasteiger partial charge in [-0.1, -0.05) is 0 Å².